The zero-order valence-corrected chi connectivity index (χ0v) is 6.82. The van der Waals surface area contributed by atoms with E-state index in [4.69, 9.17) is 11.0 Å². The predicted molar refractivity (Wildman–Crippen MR) is 44.7 cm³/mol. The molecule has 0 aliphatic heterocycles. The third-order valence-corrected chi connectivity index (χ3v) is 2.05. The van der Waals surface area contributed by atoms with Crippen LogP contribution in [0, 0.1) is 22.7 Å². The average molecular weight is 162 g/mol. The van der Waals surface area contributed by atoms with Crippen LogP contribution in [0.2, 0.25) is 0 Å². The van der Waals surface area contributed by atoms with Gasteiger partial charge in [0.1, 0.15) is 0 Å². The van der Waals surface area contributed by atoms with Crippen LogP contribution in [0.4, 0.5) is 0 Å². The van der Waals surface area contributed by atoms with Crippen molar-refractivity contribution in [1.29, 1.82) is 5.26 Å². The van der Waals surface area contributed by atoms with Crippen LogP contribution in [0.3, 0.4) is 0 Å². The molecule has 0 aromatic heterocycles. The first-order chi connectivity index (χ1) is 5.60. The minimum absolute atomic E-state index is 0.459. The minimum Gasteiger partial charge on any atom is -0.369 e. The molecule has 3 heteroatoms. The molecule has 0 aromatic carbocycles. The van der Waals surface area contributed by atoms with Crippen molar-refractivity contribution in [3.8, 4) is 6.07 Å². The molecule has 0 saturated carbocycles. The Morgan fingerprint density at radius 1 is 1.67 bits per heavy atom. The molecule has 1 rings (SSSR count). The van der Waals surface area contributed by atoms with Crippen molar-refractivity contribution < 1.29 is 4.79 Å². The van der Waals surface area contributed by atoms with Gasteiger partial charge in [0.15, 0.2) is 0 Å². The Kier molecular flexibility index (Phi) is 2.01. The lowest BCUT2D eigenvalue weighted by molar-refractivity contribution is -0.122. The van der Waals surface area contributed by atoms with Crippen LogP contribution in [0.15, 0.2) is 24.3 Å². The highest BCUT2D eigenvalue weighted by molar-refractivity contribution is 5.80. The molecule has 0 bridgehead atoms. The van der Waals surface area contributed by atoms with Gasteiger partial charge in [0.2, 0.25) is 5.91 Å². The van der Waals surface area contributed by atoms with Crippen LogP contribution < -0.4 is 5.73 Å². The second-order valence-corrected chi connectivity index (χ2v) is 3.02. The maximum Gasteiger partial charge on any atom is 0.226 e. The molecule has 3 nitrogen and oxygen atoms in total. The Labute approximate surface area is 71.2 Å². The summed E-state index contributed by atoms with van der Waals surface area (Å²) < 4.78 is 0. The number of rotatable bonds is 1. The number of allylic oxidation sites excluding steroid dienone is 3. The zero-order valence-electron chi connectivity index (χ0n) is 6.82. The summed E-state index contributed by atoms with van der Waals surface area (Å²) in [6.07, 6.45) is 6.84. The van der Waals surface area contributed by atoms with E-state index in [0.717, 1.165) is 0 Å². The summed E-state index contributed by atoms with van der Waals surface area (Å²) in [6, 6.07) is 2.07. The summed E-state index contributed by atoms with van der Waals surface area (Å²) in [4.78, 5) is 10.9. The monoisotopic (exact) mass is 162 g/mol. The average Bonchev–Trinajstić information content (AvgIpc) is 2.05. The molecular weight excluding hydrogens is 152 g/mol. The molecule has 0 radical (unpaired) electrons. The summed E-state index contributed by atoms with van der Waals surface area (Å²) in [5, 5.41) is 8.83. The summed E-state index contributed by atoms with van der Waals surface area (Å²) in [5.41, 5.74) is 4.37. The third-order valence-electron chi connectivity index (χ3n) is 2.05. The lowest BCUT2D eigenvalue weighted by Crippen LogP contribution is -2.35. The Morgan fingerprint density at radius 3 is 2.75 bits per heavy atom. The maximum atomic E-state index is 10.9. The second kappa shape index (κ2) is 2.82. The maximum absolute atomic E-state index is 10.9. The van der Waals surface area contributed by atoms with E-state index in [-0.39, 0.29) is 0 Å². The molecule has 0 heterocycles. The first-order valence-electron chi connectivity index (χ1n) is 3.67. The fourth-order valence-corrected chi connectivity index (χ4v) is 1.23. The molecule has 62 valence electrons. The summed E-state index contributed by atoms with van der Waals surface area (Å²) in [5.74, 6) is -0.966. The molecule has 2 N–H and O–H groups in total. The molecule has 0 spiro atoms. The predicted octanol–water partition coefficient (Wildman–Crippen LogP) is 0.744. The molecule has 2 atom stereocenters. The number of nitriles is 1. The van der Waals surface area contributed by atoms with E-state index in [2.05, 4.69) is 6.07 Å². The van der Waals surface area contributed by atoms with Gasteiger partial charge in [0.05, 0.1) is 17.4 Å². The summed E-state index contributed by atoms with van der Waals surface area (Å²) in [6.45, 7) is 1.70. The number of carbonyl (C=O) groups is 1. The Hall–Kier alpha value is -1.56. The van der Waals surface area contributed by atoms with Crippen molar-refractivity contribution in [1.82, 2.24) is 0 Å². The van der Waals surface area contributed by atoms with Crippen LogP contribution in [0.1, 0.15) is 6.92 Å². The van der Waals surface area contributed by atoms with Crippen molar-refractivity contribution >= 4 is 5.91 Å². The smallest absolute Gasteiger partial charge is 0.226 e. The Bertz CT molecular complexity index is 298. The van der Waals surface area contributed by atoms with E-state index in [9.17, 15) is 4.79 Å². The molecular formula is C9H10N2O. The number of amides is 1. The summed E-state index contributed by atoms with van der Waals surface area (Å²) >= 11 is 0. The van der Waals surface area contributed by atoms with Gasteiger partial charge in [-0.3, -0.25) is 4.79 Å². The second-order valence-electron chi connectivity index (χ2n) is 3.02. The highest BCUT2D eigenvalue weighted by Gasteiger charge is 2.35. The molecule has 2 unspecified atom stereocenters. The first-order valence-corrected chi connectivity index (χ1v) is 3.67. The number of nitrogens with two attached hydrogens (primary N) is 1. The Balaban J connectivity index is 3.02. The van der Waals surface area contributed by atoms with E-state index in [0.29, 0.717) is 0 Å². The lowest BCUT2D eigenvalue weighted by atomic mass is 9.75. The van der Waals surface area contributed by atoms with Gasteiger partial charge >= 0.3 is 0 Å². The van der Waals surface area contributed by atoms with Gasteiger partial charge in [-0.15, -0.1) is 0 Å². The van der Waals surface area contributed by atoms with Crippen LogP contribution in [-0.2, 0) is 4.79 Å². The molecule has 0 saturated heterocycles. The lowest BCUT2D eigenvalue weighted by Gasteiger charge is -2.25. The minimum atomic E-state index is -0.777. The van der Waals surface area contributed by atoms with Crippen molar-refractivity contribution in [2.24, 2.45) is 17.1 Å². The van der Waals surface area contributed by atoms with E-state index < -0.39 is 17.2 Å². The number of carbonyl (C=O) groups excluding carboxylic acids is 1. The highest BCUT2D eigenvalue weighted by atomic mass is 16.1. The van der Waals surface area contributed by atoms with Crippen molar-refractivity contribution in [2.45, 2.75) is 6.92 Å². The number of nitrogens with zero attached hydrogens (tertiary/aromatic N) is 1. The van der Waals surface area contributed by atoms with Crippen LogP contribution in [-0.4, -0.2) is 5.91 Å². The largest absolute Gasteiger partial charge is 0.369 e. The fourth-order valence-electron chi connectivity index (χ4n) is 1.23. The van der Waals surface area contributed by atoms with Crippen LogP contribution in [0.25, 0.3) is 0 Å². The molecule has 1 aliphatic rings. The standard InChI is InChI=1S/C9H10N2O/c1-9(6-10)5-3-2-4-7(9)8(11)12/h2-5,7H,1H3,(H2,11,12). The van der Waals surface area contributed by atoms with Gasteiger partial charge < -0.3 is 5.73 Å². The van der Waals surface area contributed by atoms with Crippen LogP contribution in [0.5, 0.6) is 0 Å². The van der Waals surface area contributed by atoms with Crippen molar-refractivity contribution in [2.75, 3.05) is 0 Å². The quantitative estimate of drug-likeness (QED) is 0.618. The zero-order chi connectivity index (χ0) is 9.19. The van der Waals surface area contributed by atoms with E-state index >= 15 is 0 Å². The third kappa shape index (κ3) is 1.24. The van der Waals surface area contributed by atoms with Crippen molar-refractivity contribution in [3.63, 3.8) is 0 Å². The normalized spacial score (nSPS) is 32.8. The van der Waals surface area contributed by atoms with E-state index in [1.807, 2.05) is 0 Å². The highest BCUT2D eigenvalue weighted by Crippen LogP contribution is 2.31. The van der Waals surface area contributed by atoms with Gasteiger partial charge in [-0.05, 0) is 6.92 Å². The van der Waals surface area contributed by atoms with Gasteiger partial charge in [0, 0.05) is 0 Å². The van der Waals surface area contributed by atoms with Crippen LogP contribution >= 0.6 is 0 Å². The van der Waals surface area contributed by atoms with Gasteiger partial charge in [-0.1, -0.05) is 24.3 Å². The van der Waals surface area contributed by atoms with E-state index in [1.54, 1.807) is 31.2 Å². The fraction of sp³-hybridized carbons (Fsp3) is 0.333. The SMILES string of the molecule is CC1(C#N)C=CC=CC1C(N)=O. The van der Waals surface area contributed by atoms with Gasteiger partial charge in [-0.2, -0.15) is 5.26 Å². The van der Waals surface area contributed by atoms with Gasteiger partial charge in [-0.25, -0.2) is 0 Å². The number of hydrogen-bond acceptors (Lipinski definition) is 2. The molecule has 1 aliphatic carbocycles. The number of primary amides is 1. The topological polar surface area (TPSA) is 66.9 Å². The molecule has 12 heavy (non-hydrogen) atoms. The van der Waals surface area contributed by atoms with E-state index in [1.165, 1.54) is 0 Å². The number of hydrogen-bond donors (Lipinski definition) is 1. The van der Waals surface area contributed by atoms with Gasteiger partial charge in [0.25, 0.3) is 0 Å². The molecule has 0 fully saturated rings. The first kappa shape index (κ1) is 8.54. The molecule has 0 aromatic rings. The van der Waals surface area contributed by atoms with Crippen molar-refractivity contribution in [3.05, 3.63) is 24.3 Å². The summed E-state index contributed by atoms with van der Waals surface area (Å²) in [7, 11) is 0. The molecule has 1 amide bonds. The Morgan fingerprint density at radius 2 is 2.33 bits per heavy atom.